The molecule has 23 heavy (non-hydrogen) atoms. The van der Waals surface area contributed by atoms with Gasteiger partial charge < -0.3 is 10.1 Å². The maximum absolute atomic E-state index is 12.6. The largest absolute Gasteiger partial charge is 0.495 e. The van der Waals surface area contributed by atoms with E-state index in [0.29, 0.717) is 12.3 Å². The van der Waals surface area contributed by atoms with Crippen LogP contribution in [0.5, 0.6) is 5.75 Å². The molecule has 0 heterocycles. The molecule has 0 saturated heterocycles. The number of methoxy groups -OCH3 is 1. The minimum Gasteiger partial charge on any atom is -0.495 e. The lowest BCUT2D eigenvalue weighted by Crippen LogP contribution is -2.40. The number of rotatable bonds is 9. The summed E-state index contributed by atoms with van der Waals surface area (Å²) in [5, 5.41) is 2.92. The Kier molecular flexibility index (Phi) is 7.81. The van der Waals surface area contributed by atoms with E-state index in [1.807, 2.05) is 6.92 Å². The minimum atomic E-state index is -3.79. The zero-order chi connectivity index (χ0) is 17.5. The molecule has 0 radical (unpaired) electrons. The van der Waals surface area contributed by atoms with Crippen LogP contribution in [-0.4, -0.2) is 45.4 Å². The summed E-state index contributed by atoms with van der Waals surface area (Å²) >= 11 is 5.99. The number of amides is 1. The molecule has 1 rings (SSSR count). The van der Waals surface area contributed by atoms with Crippen LogP contribution in [0, 0.1) is 0 Å². The molecule has 1 aromatic rings. The Hall–Kier alpha value is -1.31. The third kappa shape index (κ3) is 5.37. The lowest BCUT2D eigenvalue weighted by atomic mass is 10.3. The van der Waals surface area contributed by atoms with Gasteiger partial charge in [-0.1, -0.05) is 31.9 Å². The molecule has 130 valence electrons. The van der Waals surface area contributed by atoms with Gasteiger partial charge in [0.25, 0.3) is 0 Å². The van der Waals surface area contributed by atoms with Crippen molar-refractivity contribution in [3.8, 4) is 5.75 Å². The second kappa shape index (κ2) is 9.10. The fourth-order valence-electron chi connectivity index (χ4n) is 1.94. The predicted octanol–water partition coefficient (Wildman–Crippen LogP) is 2.28. The van der Waals surface area contributed by atoms with E-state index in [4.69, 9.17) is 16.3 Å². The molecule has 0 spiro atoms. The van der Waals surface area contributed by atoms with Crippen molar-refractivity contribution in [3.63, 3.8) is 0 Å². The SMILES string of the molecule is CCCCNC(=O)CN(CC)S(=O)(=O)c1ccc(OC)c(Cl)c1. The average Bonchev–Trinajstić information content (AvgIpc) is 2.52. The minimum absolute atomic E-state index is 0.0338. The smallest absolute Gasteiger partial charge is 0.243 e. The van der Waals surface area contributed by atoms with Gasteiger partial charge in [-0.05, 0) is 24.6 Å². The molecule has 0 aliphatic rings. The molecule has 0 aliphatic heterocycles. The van der Waals surface area contributed by atoms with Crippen LogP contribution in [0.25, 0.3) is 0 Å². The molecular formula is C15H23ClN2O4S. The van der Waals surface area contributed by atoms with E-state index in [1.54, 1.807) is 6.92 Å². The molecular weight excluding hydrogens is 340 g/mol. The molecule has 0 fully saturated rings. The van der Waals surface area contributed by atoms with E-state index < -0.39 is 10.0 Å². The topological polar surface area (TPSA) is 75.7 Å². The second-order valence-electron chi connectivity index (χ2n) is 4.93. The molecule has 0 saturated carbocycles. The number of carbonyl (C=O) groups excluding carboxylic acids is 1. The molecule has 1 aromatic carbocycles. The van der Waals surface area contributed by atoms with Crippen LogP contribution in [0.15, 0.2) is 23.1 Å². The summed E-state index contributed by atoms with van der Waals surface area (Å²) in [6, 6.07) is 4.23. The van der Waals surface area contributed by atoms with Crippen molar-refractivity contribution >= 4 is 27.5 Å². The van der Waals surface area contributed by atoms with Crippen LogP contribution >= 0.6 is 11.6 Å². The zero-order valence-electron chi connectivity index (χ0n) is 13.6. The van der Waals surface area contributed by atoms with Crippen molar-refractivity contribution in [3.05, 3.63) is 23.2 Å². The van der Waals surface area contributed by atoms with E-state index in [9.17, 15) is 13.2 Å². The van der Waals surface area contributed by atoms with Crippen LogP contribution in [0.2, 0.25) is 5.02 Å². The van der Waals surface area contributed by atoms with Crippen molar-refractivity contribution in [2.24, 2.45) is 0 Å². The first kappa shape index (κ1) is 19.7. The number of halogens is 1. The first-order valence-corrected chi connectivity index (χ1v) is 9.29. The monoisotopic (exact) mass is 362 g/mol. The molecule has 6 nitrogen and oxygen atoms in total. The number of unbranched alkanes of at least 4 members (excludes halogenated alkanes) is 1. The highest BCUT2D eigenvalue weighted by Gasteiger charge is 2.25. The predicted molar refractivity (Wildman–Crippen MR) is 90.4 cm³/mol. The van der Waals surface area contributed by atoms with E-state index in [-0.39, 0.29) is 28.9 Å². The lowest BCUT2D eigenvalue weighted by Gasteiger charge is -2.20. The number of nitrogens with one attached hydrogen (secondary N) is 1. The van der Waals surface area contributed by atoms with Gasteiger partial charge in [0, 0.05) is 13.1 Å². The quantitative estimate of drug-likeness (QED) is 0.684. The summed E-state index contributed by atoms with van der Waals surface area (Å²) in [4.78, 5) is 11.9. The first-order valence-electron chi connectivity index (χ1n) is 7.47. The average molecular weight is 363 g/mol. The van der Waals surface area contributed by atoms with Gasteiger partial charge >= 0.3 is 0 Å². The zero-order valence-corrected chi connectivity index (χ0v) is 15.2. The number of likely N-dealkylation sites (N-methyl/N-ethyl adjacent to an activating group) is 1. The maximum atomic E-state index is 12.6. The third-order valence-corrected chi connectivity index (χ3v) is 5.50. The summed E-state index contributed by atoms with van der Waals surface area (Å²) in [6.45, 7) is 4.21. The summed E-state index contributed by atoms with van der Waals surface area (Å²) in [5.41, 5.74) is 0. The Labute approximate surface area is 142 Å². The number of hydrogen-bond donors (Lipinski definition) is 1. The number of sulfonamides is 1. The normalized spacial score (nSPS) is 11.5. The second-order valence-corrected chi connectivity index (χ2v) is 7.28. The van der Waals surface area contributed by atoms with Gasteiger partial charge in [0.05, 0.1) is 23.6 Å². The van der Waals surface area contributed by atoms with Crippen molar-refractivity contribution in [2.75, 3.05) is 26.7 Å². The fourth-order valence-corrected chi connectivity index (χ4v) is 3.70. The molecule has 8 heteroatoms. The standard InChI is InChI=1S/C15H23ClN2O4S/c1-4-6-9-17-15(19)11-18(5-2)23(20,21)12-7-8-14(22-3)13(16)10-12/h7-8,10H,4-6,9,11H2,1-3H3,(H,17,19). The van der Waals surface area contributed by atoms with Crippen molar-refractivity contribution in [2.45, 2.75) is 31.6 Å². The van der Waals surface area contributed by atoms with Crippen LogP contribution in [0.4, 0.5) is 0 Å². The number of benzene rings is 1. The third-order valence-electron chi connectivity index (χ3n) is 3.29. The van der Waals surface area contributed by atoms with Gasteiger partial charge in [-0.15, -0.1) is 0 Å². The maximum Gasteiger partial charge on any atom is 0.243 e. The highest BCUT2D eigenvalue weighted by molar-refractivity contribution is 7.89. The number of ether oxygens (including phenoxy) is 1. The number of nitrogens with zero attached hydrogens (tertiary/aromatic N) is 1. The fraction of sp³-hybridized carbons (Fsp3) is 0.533. The van der Waals surface area contributed by atoms with Gasteiger partial charge in [-0.2, -0.15) is 4.31 Å². The summed E-state index contributed by atoms with van der Waals surface area (Å²) in [5.74, 6) is 0.0782. The van der Waals surface area contributed by atoms with Gasteiger partial charge in [0.1, 0.15) is 5.75 Å². The molecule has 0 aromatic heterocycles. The Morgan fingerprint density at radius 3 is 2.57 bits per heavy atom. The molecule has 1 amide bonds. The van der Waals surface area contributed by atoms with Gasteiger partial charge in [0.15, 0.2) is 0 Å². The number of hydrogen-bond acceptors (Lipinski definition) is 4. The van der Waals surface area contributed by atoms with Crippen molar-refractivity contribution in [1.29, 1.82) is 0 Å². The Morgan fingerprint density at radius 2 is 2.04 bits per heavy atom. The van der Waals surface area contributed by atoms with Crippen LogP contribution < -0.4 is 10.1 Å². The van der Waals surface area contributed by atoms with Gasteiger partial charge in [0.2, 0.25) is 15.9 Å². The number of carbonyl (C=O) groups is 1. The van der Waals surface area contributed by atoms with Crippen LogP contribution in [0.1, 0.15) is 26.7 Å². The summed E-state index contributed by atoms with van der Waals surface area (Å²) < 4.78 is 31.4. The highest BCUT2D eigenvalue weighted by atomic mass is 35.5. The van der Waals surface area contributed by atoms with Crippen molar-refractivity contribution in [1.82, 2.24) is 9.62 Å². The Bertz CT molecular complexity index is 634. The lowest BCUT2D eigenvalue weighted by molar-refractivity contribution is -0.121. The molecule has 0 atom stereocenters. The van der Waals surface area contributed by atoms with Crippen LogP contribution in [0.3, 0.4) is 0 Å². The molecule has 0 aliphatic carbocycles. The summed E-state index contributed by atoms with van der Waals surface area (Å²) in [7, 11) is -2.34. The van der Waals surface area contributed by atoms with Crippen LogP contribution in [-0.2, 0) is 14.8 Å². The Balaban J connectivity index is 2.90. The van der Waals surface area contributed by atoms with Crippen molar-refractivity contribution < 1.29 is 17.9 Å². The highest BCUT2D eigenvalue weighted by Crippen LogP contribution is 2.28. The summed E-state index contributed by atoms with van der Waals surface area (Å²) in [6.07, 6.45) is 1.82. The van der Waals surface area contributed by atoms with E-state index >= 15 is 0 Å². The van der Waals surface area contributed by atoms with E-state index in [1.165, 1.54) is 25.3 Å². The van der Waals surface area contributed by atoms with E-state index in [2.05, 4.69) is 5.32 Å². The molecule has 0 bridgehead atoms. The first-order chi connectivity index (χ1) is 10.9. The van der Waals surface area contributed by atoms with Gasteiger partial charge in [-0.3, -0.25) is 4.79 Å². The van der Waals surface area contributed by atoms with E-state index in [0.717, 1.165) is 17.1 Å². The molecule has 0 unspecified atom stereocenters. The Morgan fingerprint density at radius 1 is 1.35 bits per heavy atom. The van der Waals surface area contributed by atoms with Gasteiger partial charge in [-0.25, -0.2) is 8.42 Å². The molecule has 1 N–H and O–H groups in total.